The van der Waals surface area contributed by atoms with Crippen LogP contribution in [0.1, 0.15) is 55.1 Å². The van der Waals surface area contributed by atoms with Crippen LogP contribution < -0.4 is 5.32 Å². The largest absolute Gasteiger partial charge is 0.325 e. The first-order valence-corrected chi connectivity index (χ1v) is 8.38. The fourth-order valence-corrected chi connectivity index (χ4v) is 2.79. The van der Waals surface area contributed by atoms with Crippen LogP contribution in [0.3, 0.4) is 0 Å². The van der Waals surface area contributed by atoms with Gasteiger partial charge in [0.05, 0.1) is 6.54 Å². The number of carbonyl (C=O) groups is 3. The number of hydrogen-bond donors (Lipinski definition) is 1. The van der Waals surface area contributed by atoms with E-state index in [2.05, 4.69) is 19.2 Å². The van der Waals surface area contributed by atoms with Crippen molar-refractivity contribution in [1.29, 1.82) is 0 Å². The summed E-state index contributed by atoms with van der Waals surface area (Å²) in [5.74, 6) is -0.0993. The van der Waals surface area contributed by atoms with Gasteiger partial charge in [0.15, 0.2) is 5.78 Å². The van der Waals surface area contributed by atoms with E-state index in [1.165, 1.54) is 0 Å². The smallest absolute Gasteiger partial charge is 0.323 e. The molecule has 1 N–H and O–H groups in total. The van der Waals surface area contributed by atoms with E-state index in [0.717, 1.165) is 22.4 Å². The Bertz CT molecular complexity index is 681. The SMILES string of the molecule is Cc1ccc(C(=O)CN2C(=O)N[C@@](C)(CCC(C)C)C2=O)cc1C. The van der Waals surface area contributed by atoms with Crippen molar-refractivity contribution in [1.82, 2.24) is 10.2 Å². The molecule has 2 rings (SSSR count). The second kappa shape index (κ2) is 6.75. The monoisotopic (exact) mass is 330 g/mol. The van der Waals surface area contributed by atoms with E-state index in [1.807, 2.05) is 19.9 Å². The summed E-state index contributed by atoms with van der Waals surface area (Å²) in [6.07, 6.45) is 1.41. The number of nitrogens with one attached hydrogen (secondary N) is 1. The van der Waals surface area contributed by atoms with Gasteiger partial charge < -0.3 is 5.32 Å². The molecule has 130 valence electrons. The van der Waals surface area contributed by atoms with Crippen LogP contribution in [0.25, 0.3) is 0 Å². The van der Waals surface area contributed by atoms with Gasteiger partial charge in [0, 0.05) is 5.56 Å². The lowest BCUT2D eigenvalue weighted by Gasteiger charge is -2.22. The first kappa shape index (κ1) is 18.2. The molecule has 5 heteroatoms. The fourth-order valence-electron chi connectivity index (χ4n) is 2.79. The van der Waals surface area contributed by atoms with Gasteiger partial charge in [0.1, 0.15) is 5.54 Å². The van der Waals surface area contributed by atoms with Gasteiger partial charge in [0.25, 0.3) is 5.91 Å². The Kier molecular flexibility index (Phi) is 5.11. The molecule has 0 aromatic heterocycles. The minimum Gasteiger partial charge on any atom is -0.323 e. The molecule has 0 spiro atoms. The number of hydrogen-bond acceptors (Lipinski definition) is 3. The normalized spacial score (nSPS) is 20.7. The molecule has 1 heterocycles. The van der Waals surface area contributed by atoms with Crippen molar-refractivity contribution in [3.05, 3.63) is 34.9 Å². The minimum absolute atomic E-state index is 0.218. The molecule has 1 aliphatic rings. The van der Waals surface area contributed by atoms with Gasteiger partial charge in [-0.05, 0) is 56.7 Å². The van der Waals surface area contributed by atoms with E-state index in [4.69, 9.17) is 0 Å². The highest BCUT2D eigenvalue weighted by Crippen LogP contribution is 2.25. The molecule has 0 unspecified atom stereocenters. The highest BCUT2D eigenvalue weighted by atomic mass is 16.2. The average molecular weight is 330 g/mol. The van der Waals surface area contributed by atoms with Crippen molar-refractivity contribution in [2.75, 3.05) is 6.54 Å². The molecule has 1 saturated heterocycles. The lowest BCUT2D eigenvalue weighted by atomic mass is 9.92. The van der Waals surface area contributed by atoms with Crippen molar-refractivity contribution in [2.24, 2.45) is 5.92 Å². The summed E-state index contributed by atoms with van der Waals surface area (Å²) in [6, 6.07) is 4.93. The third kappa shape index (κ3) is 3.66. The van der Waals surface area contributed by atoms with E-state index >= 15 is 0 Å². The molecule has 0 aliphatic carbocycles. The van der Waals surface area contributed by atoms with Crippen LogP contribution in [0.4, 0.5) is 4.79 Å². The lowest BCUT2D eigenvalue weighted by molar-refractivity contribution is -0.130. The van der Waals surface area contributed by atoms with Gasteiger partial charge >= 0.3 is 6.03 Å². The number of Topliss-reactive ketones (excluding diaryl/α,β-unsaturated/α-hetero) is 1. The average Bonchev–Trinajstić information content (AvgIpc) is 2.72. The number of imide groups is 1. The molecular weight excluding hydrogens is 304 g/mol. The molecule has 3 amide bonds. The van der Waals surface area contributed by atoms with Crippen molar-refractivity contribution in [3.8, 4) is 0 Å². The Morgan fingerprint density at radius 2 is 1.88 bits per heavy atom. The van der Waals surface area contributed by atoms with Crippen LogP contribution in [0.2, 0.25) is 0 Å². The minimum atomic E-state index is -0.912. The number of rotatable bonds is 6. The van der Waals surface area contributed by atoms with Gasteiger partial charge in [-0.3, -0.25) is 14.5 Å². The molecule has 1 aliphatic heterocycles. The van der Waals surface area contributed by atoms with Crippen LogP contribution in [0, 0.1) is 19.8 Å². The first-order chi connectivity index (χ1) is 11.1. The molecule has 5 nitrogen and oxygen atoms in total. The molecule has 0 bridgehead atoms. The van der Waals surface area contributed by atoms with Crippen LogP contribution in [-0.2, 0) is 4.79 Å². The summed E-state index contributed by atoms with van der Waals surface area (Å²) in [7, 11) is 0. The highest BCUT2D eigenvalue weighted by molar-refractivity contribution is 6.11. The third-order valence-corrected chi connectivity index (χ3v) is 4.70. The molecule has 1 aromatic carbocycles. The summed E-state index contributed by atoms with van der Waals surface area (Å²) in [5, 5.41) is 2.75. The Morgan fingerprint density at radius 3 is 2.46 bits per heavy atom. The zero-order valence-corrected chi connectivity index (χ0v) is 15.1. The summed E-state index contributed by atoms with van der Waals surface area (Å²) >= 11 is 0. The van der Waals surface area contributed by atoms with Gasteiger partial charge in [-0.15, -0.1) is 0 Å². The van der Waals surface area contributed by atoms with Gasteiger partial charge in [-0.2, -0.15) is 0 Å². The number of carbonyl (C=O) groups excluding carboxylic acids is 3. The number of nitrogens with zero attached hydrogens (tertiary/aromatic N) is 1. The number of aryl methyl sites for hydroxylation is 2. The summed E-state index contributed by atoms with van der Waals surface area (Å²) in [4.78, 5) is 38.3. The predicted molar refractivity (Wildman–Crippen MR) is 93.0 cm³/mol. The summed E-state index contributed by atoms with van der Waals surface area (Å²) in [5.41, 5.74) is 1.72. The van der Waals surface area contributed by atoms with E-state index in [9.17, 15) is 14.4 Å². The summed E-state index contributed by atoms with van der Waals surface area (Å²) in [6.45, 7) is 9.57. The topological polar surface area (TPSA) is 66.5 Å². The number of urea groups is 1. The Hall–Kier alpha value is -2.17. The van der Waals surface area contributed by atoms with Gasteiger partial charge in [-0.25, -0.2) is 4.79 Å². The zero-order valence-electron chi connectivity index (χ0n) is 15.1. The zero-order chi connectivity index (χ0) is 18.1. The molecular formula is C19H26N2O3. The van der Waals surface area contributed by atoms with Crippen LogP contribution in [-0.4, -0.2) is 34.7 Å². The van der Waals surface area contributed by atoms with E-state index in [1.54, 1.807) is 19.1 Å². The van der Waals surface area contributed by atoms with Crippen LogP contribution >= 0.6 is 0 Å². The predicted octanol–water partition coefficient (Wildman–Crippen LogP) is 3.23. The third-order valence-electron chi connectivity index (χ3n) is 4.70. The Balaban J connectivity index is 2.11. The van der Waals surface area contributed by atoms with Crippen molar-refractivity contribution in [3.63, 3.8) is 0 Å². The van der Waals surface area contributed by atoms with Gasteiger partial charge in [-0.1, -0.05) is 26.0 Å². The maximum atomic E-state index is 12.6. The standard InChI is InChI=1S/C19H26N2O3/c1-12(2)8-9-19(5)17(23)21(18(24)20-19)11-16(22)15-7-6-13(3)14(4)10-15/h6-7,10,12H,8-9,11H2,1-5H3,(H,20,24)/t19-/m0/s1. The molecule has 1 aromatic rings. The molecule has 24 heavy (non-hydrogen) atoms. The molecule has 1 atom stereocenters. The first-order valence-electron chi connectivity index (χ1n) is 8.38. The Labute approximate surface area is 143 Å². The maximum absolute atomic E-state index is 12.6. The fraction of sp³-hybridized carbons (Fsp3) is 0.526. The van der Waals surface area contributed by atoms with E-state index in [0.29, 0.717) is 17.9 Å². The molecule has 0 radical (unpaired) electrons. The molecule has 0 saturated carbocycles. The van der Waals surface area contributed by atoms with Crippen molar-refractivity contribution in [2.45, 2.75) is 53.0 Å². The maximum Gasteiger partial charge on any atom is 0.325 e. The number of ketones is 1. The number of amides is 3. The highest BCUT2D eigenvalue weighted by Gasteiger charge is 2.47. The molecule has 1 fully saturated rings. The quantitative estimate of drug-likeness (QED) is 0.643. The number of benzene rings is 1. The Morgan fingerprint density at radius 1 is 1.21 bits per heavy atom. The second-order valence-electron chi connectivity index (χ2n) is 7.31. The van der Waals surface area contributed by atoms with Crippen LogP contribution in [0.5, 0.6) is 0 Å². The summed E-state index contributed by atoms with van der Waals surface area (Å²) < 4.78 is 0. The van der Waals surface area contributed by atoms with Crippen molar-refractivity contribution >= 4 is 17.7 Å². The lowest BCUT2D eigenvalue weighted by Crippen LogP contribution is -2.44. The van der Waals surface area contributed by atoms with E-state index < -0.39 is 11.6 Å². The van der Waals surface area contributed by atoms with Crippen molar-refractivity contribution < 1.29 is 14.4 Å². The van der Waals surface area contributed by atoms with Gasteiger partial charge in [0.2, 0.25) is 0 Å². The van der Waals surface area contributed by atoms with Crippen LogP contribution in [0.15, 0.2) is 18.2 Å². The second-order valence-corrected chi connectivity index (χ2v) is 7.31. The van der Waals surface area contributed by atoms with E-state index in [-0.39, 0.29) is 18.2 Å².